The van der Waals surface area contributed by atoms with Gasteiger partial charge in [0.15, 0.2) is 5.82 Å². The Hall–Kier alpha value is -0.940. The highest BCUT2D eigenvalue weighted by Crippen LogP contribution is 2.17. The van der Waals surface area contributed by atoms with E-state index in [1.165, 1.54) is 6.42 Å². The molecule has 1 atom stereocenters. The van der Waals surface area contributed by atoms with Crippen LogP contribution in [0.3, 0.4) is 0 Å². The summed E-state index contributed by atoms with van der Waals surface area (Å²) in [6, 6.07) is -0.389. The molecule has 1 aromatic rings. The largest absolute Gasteiger partial charge is 0.394 e. The Kier molecular flexibility index (Phi) is 2.28. The molecule has 0 radical (unpaired) electrons. The molecule has 72 valence electrons. The average molecular weight is 182 g/mol. The molecule has 0 saturated heterocycles. The van der Waals surface area contributed by atoms with Crippen molar-refractivity contribution >= 4 is 0 Å². The maximum Gasteiger partial charge on any atom is 0.152 e. The van der Waals surface area contributed by atoms with Crippen LogP contribution in [-0.2, 0) is 13.0 Å². The first-order chi connectivity index (χ1) is 6.33. The van der Waals surface area contributed by atoms with Crippen molar-refractivity contribution in [3.8, 4) is 0 Å². The third kappa shape index (κ3) is 1.45. The second-order valence-electron chi connectivity index (χ2n) is 3.37. The molecule has 1 aromatic heterocycles. The number of fused-ring (bicyclic) bond motifs is 1. The van der Waals surface area contributed by atoms with E-state index in [1.54, 1.807) is 0 Å². The minimum Gasteiger partial charge on any atom is -0.394 e. The van der Waals surface area contributed by atoms with E-state index in [2.05, 4.69) is 10.2 Å². The van der Waals surface area contributed by atoms with Crippen molar-refractivity contribution < 1.29 is 5.11 Å². The number of hydrogen-bond donors (Lipinski definition) is 2. The molecule has 5 nitrogen and oxygen atoms in total. The number of aromatic nitrogens is 3. The Bertz CT molecular complexity index is 296. The maximum absolute atomic E-state index is 8.90. The number of aliphatic hydroxyl groups excluding tert-OH is 1. The summed E-state index contributed by atoms with van der Waals surface area (Å²) >= 11 is 0. The van der Waals surface area contributed by atoms with Crippen molar-refractivity contribution in [2.45, 2.75) is 31.8 Å². The molecule has 1 unspecified atom stereocenters. The number of aliphatic hydroxyl groups is 1. The topological polar surface area (TPSA) is 77.0 Å². The third-order valence-electron chi connectivity index (χ3n) is 2.42. The lowest BCUT2D eigenvalue weighted by Crippen LogP contribution is -2.22. The summed E-state index contributed by atoms with van der Waals surface area (Å²) in [5.41, 5.74) is 5.69. The predicted octanol–water partition coefficient (Wildman–Crippen LogP) is -0.394. The number of hydrogen-bond acceptors (Lipinski definition) is 4. The molecule has 0 bridgehead atoms. The van der Waals surface area contributed by atoms with Crippen molar-refractivity contribution in [1.82, 2.24) is 14.8 Å². The lowest BCUT2D eigenvalue weighted by Gasteiger charge is -2.16. The van der Waals surface area contributed by atoms with E-state index in [0.29, 0.717) is 0 Å². The quantitative estimate of drug-likeness (QED) is 0.653. The van der Waals surface area contributed by atoms with Gasteiger partial charge in [-0.2, -0.15) is 0 Å². The molecule has 13 heavy (non-hydrogen) atoms. The van der Waals surface area contributed by atoms with Gasteiger partial charge in [-0.25, -0.2) is 0 Å². The number of nitrogens with zero attached hydrogens (tertiary/aromatic N) is 3. The molecule has 5 heteroatoms. The van der Waals surface area contributed by atoms with Crippen LogP contribution in [0.1, 0.15) is 30.5 Å². The highest BCUT2D eigenvalue weighted by atomic mass is 16.3. The van der Waals surface area contributed by atoms with Crippen LogP contribution in [0.25, 0.3) is 0 Å². The highest BCUT2D eigenvalue weighted by molar-refractivity contribution is 5.02. The van der Waals surface area contributed by atoms with Crippen LogP contribution >= 0.6 is 0 Å². The summed E-state index contributed by atoms with van der Waals surface area (Å²) in [7, 11) is 0. The van der Waals surface area contributed by atoms with Gasteiger partial charge < -0.3 is 15.4 Å². The molecule has 1 aliphatic rings. The summed E-state index contributed by atoms with van der Waals surface area (Å²) in [4.78, 5) is 0. The van der Waals surface area contributed by atoms with Gasteiger partial charge >= 0.3 is 0 Å². The fraction of sp³-hybridized carbons (Fsp3) is 0.750. The van der Waals surface area contributed by atoms with Crippen molar-refractivity contribution in [2.75, 3.05) is 6.61 Å². The van der Waals surface area contributed by atoms with Gasteiger partial charge in [0.2, 0.25) is 0 Å². The van der Waals surface area contributed by atoms with Crippen LogP contribution in [0.2, 0.25) is 0 Å². The lowest BCUT2D eigenvalue weighted by molar-refractivity contribution is 0.259. The van der Waals surface area contributed by atoms with Gasteiger partial charge in [0, 0.05) is 13.0 Å². The second-order valence-corrected chi connectivity index (χ2v) is 3.37. The van der Waals surface area contributed by atoms with Gasteiger partial charge in [-0.3, -0.25) is 0 Å². The standard InChI is InChI=1S/C8H14N4O/c9-6(5-13)8-11-10-7-3-1-2-4-12(7)8/h6,13H,1-5,9H2. The molecule has 0 fully saturated rings. The molecule has 2 rings (SSSR count). The first-order valence-corrected chi connectivity index (χ1v) is 4.61. The zero-order valence-electron chi connectivity index (χ0n) is 7.48. The van der Waals surface area contributed by atoms with E-state index in [9.17, 15) is 0 Å². The zero-order valence-corrected chi connectivity index (χ0v) is 7.48. The molecular weight excluding hydrogens is 168 g/mol. The number of rotatable bonds is 2. The van der Waals surface area contributed by atoms with Crippen LogP contribution in [0.15, 0.2) is 0 Å². The van der Waals surface area contributed by atoms with Crippen molar-refractivity contribution in [3.63, 3.8) is 0 Å². The number of nitrogens with two attached hydrogens (primary N) is 1. The fourth-order valence-electron chi connectivity index (χ4n) is 1.69. The van der Waals surface area contributed by atoms with E-state index in [0.717, 1.165) is 31.0 Å². The SMILES string of the molecule is NC(CO)c1nnc2n1CCCC2. The molecule has 0 spiro atoms. The molecule has 1 aliphatic heterocycles. The third-order valence-corrected chi connectivity index (χ3v) is 2.42. The van der Waals surface area contributed by atoms with Gasteiger partial charge in [-0.1, -0.05) is 0 Å². The first kappa shape index (κ1) is 8.65. The van der Waals surface area contributed by atoms with Gasteiger partial charge in [0.05, 0.1) is 12.6 Å². The van der Waals surface area contributed by atoms with Gasteiger partial charge in [0.25, 0.3) is 0 Å². The number of aryl methyl sites for hydroxylation is 1. The van der Waals surface area contributed by atoms with E-state index in [-0.39, 0.29) is 12.6 Å². The summed E-state index contributed by atoms with van der Waals surface area (Å²) in [5.74, 6) is 1.72. The normalized spacial score (nSPS) is 18.3. The Morgan fingerprint density at radius 1 is 1.46 bits per heavy atom. The summed E-state index contributed by atoms with van der Waals surface area (Å²) in [5, 5.41) is 16.9. The van der Waals surface area contributed by atoms with Crippen molar-refractivity contribution in [3.05, 3.63) is 11.6 Å². The minimum absolute atomic E-state index is 0.0713. The van der Waals surface area contributed by atoms with Gasteiger partial charge in [0.1, 0.15) is 5.82 Å². The molecule has 0 aliphatic carbocycles. The molecule has 0 aromatic carbocycles. The maximum atomic E-state index is 8.90. The zero-order chi connectivity index (χ0) is 9.26. The minimum atomic E-state index is -0.389. The van der Waals surface area contributed by atoms with E-state index in [1.807, 2.05) is 4.57 Å². The molecule has 3 N–H and O–H groups in total. The van der Waals surface area contributed by atoms with Crippen LogP contribution in [0.5, 0.6) is 0 Å². The van der Waals surface area contributed by atoms with Crippen molar-refractivity contribution in [1.29, 1.82) is 0 Å². The van der Waals surface area contributed by atoms with E-state index < -0.39 is 0 Å². The predicted molar refractivity (Wildman–Crippen MR) is 47.0 cm³/mol. The average Bonchev–Trinajstić information content (AvgIpc) is 2.60. The Morgan fingerprint density at radius 2 is 2.31 bits per heavy atom. The van der Waals surface area contributed by atoms with Crippen LogP contribution < -0.4 is 5.73 Å². The van der Waals surface area contributed by atoms with E-state index >= 15 is 0 Å². The Morgan fingerprint density at radius 3 is 3.08 bits per heavy atom. The first-order valence-electron chi connectivity index (χ1n) is 4.61. The molecular formula is C8H14N4O. The Balaban J connectivity index is 2.31. The van der Waals surface area contributed by atoms with E-state index in [4.69, 9.17) is 10.8 Å². The molecule has 0 amide bonds. The lowest BCUT2D eigenvalue weighted by atomic mass is 10.1. The Labute approximate surface area is 76.6 Å². The monoisotopic (exact) mass is 182 g/mol. The van der Waals surface area contributed by atoms with Crippen LogP contribution in [-0.4, -0.2) is 26.5 Å². The summed E-state index contributed by atoms with van der Waals surface area (Å²) in [6.45, 7) is 0.865. The van der Waals surface area contributed by atoms with Crippen LogP contribution in [0, 0.1) is 0 Å². The van der Waals surface area contributed by atoms with Crippen molar-refractivity contribution in [2.24, 2.45) is 5.73 Å². The van der Waals surface area contributed by atoms with Gasteiger partial charge in [-0.15, -0.1) is 10.2 Å². The van der Waals surface area contributed by atoms with Gasteiger partial charge in [-0.05, 0) is 12.8 Å². The summed E-state index contributed by atoms with van der Waals surface area (Å²) < 4.78 is 2.03. The second kappa shape index (κ2) is 3.43. The highest BCUT2D eigenvalue weighted by Gasteiger charge is 2.19. The molecule has 2 heterocycles. The summed E-state index contributed by atoms with van der Waals surface area (Å²) in [6.07, 6.45) is 3.30. The van der Waals surface area contributed by atoms with Crippen LogP contribution in [0.4, 0.5) is 0 Å². The fourth-order valence-corrected chi connectivity index (χ4v) is 1.69. The molecule has 0 saturated carbocycles. The smallest absolute Gasteiger partial charge is 0.152 e.